The van der Waals surface area contributed by atoms with Crippen LogP contribution in [0.2, 0.25) is 0 Å². The summed E-state index contributed by atoms with van der Waals surface area (Å²) in [6, 6.07) is 12.7. The normalized spacial score (nSPS) is 27.7. The molecule has 1 saturated carbocycles. The van der Waals surface area contributed by atoms with Gasteiger partial charge in [-0.2, -0.15) is 0 Å². The third-order valence-corrected chi connectivity index (χ3v) is 9.69. The highest BCUT2D eigenvalue weighted by atomic mass is 32.1. The number of ether oxygens (including phenoxy) is 1. The Labute approximate surface area is 231 Å². The molecule has 3 aromatic rings. The van der Waals surface area contributed by atoms with E-state index in [4.69, 9.17) is 14.1 Å². The zero-order chi connectivity index (χ0) is 27.6. The first-order valence-electron chi connectivity index (χ1n) is 13.3. The van der Waals surface area contributed by atoms with Crippen molar-refractivity contribution in [2.75, 3.05) is 18.5 Å². The number of aromatic nitrogens is 1. The number of hydrogen-bond acceptors (Lipinski definition) is 8. The number of aliphatic hydroxyl groups is 2. The van der Waals surface area contributed by atoms with Crippen molar-refractivity contribution in [2.45, 2.75) is 58.1 Å². The molecular formula is C29H35N3O6S. The Bertz CT molecular complexity index is 1300. The van der Waals surface area contributed by atoms with Gasteiger partial charge in [0.05, 0.1) is 31.2 Å². The van der Waals surface area contributed by atoms with E-state index in [-0.39, 0.29) is 48.7 Å². The van der Waals surface area contributed by atoms with Crippen LogP contribution in [0.1, 0.15) is 55.4 Å². The van der Waals surface area contributed by atoms with Crippen LogP contribution in [0.15, 0.2) is 53.1 Å². The van der Waals surface area contributed by atoms with Crippen molar-refractivity contribution in [1.29, 1.82) is 0 Å². The quantitative estimate of drug-likeness (QED) is 0.316. The van der Waals surface area contributed by atoms with Gasteiger partial charge < -0.3 is 24.7 Å². The summed E-state index contributed by atoms with van der Waals surface area (Å²) in [6.45, 7) is 4.07. The van der Waals surface area contributed by atoms with Crippen LogP contribution in [-0.2, 0) is 22.6 Å². The Morgan fingerprint density at radius 1 is 1.18 bits per heavy atom. The smallest absolute Gasteiger partial charge is 0.264 e. The van der Waals surface area contributed by atoms with Gasteiger partial charge in [-0.3, -0.25) is 14.9 Å². The van der Waals surface area contributed by atoms with E-state index in [1.165, 1.54) is 11.3 Å². The summed E-state index contributed by atoms with van der Waals surface area (Å²) in [6.07, 6.45) is 2.98. The first kappa shape index (κ1) is 27.4. The minimum atomic E-state index is -0.718. The van der Waals surface area contributed by atoms with Crippen LogP contribution in [0.25, 0.3) is 0 Å². The maximum atomic E-state index is 13.2. The van der Waals surface area contributed by atoms with E-state index < -0.39 is 11.5 Å². The Balaban J connectivity index is 1.38. The number of furan rings is 1. The molecule has 4 N–H and O–H groups in total. The molecule has 5 rings (SSSR count). The van der Waals surface area contributed by atoms with Gasteiger partial charge >= 0.3 is 0 Å². The summed E-state index contributed by atoms with van der Waals surface area (Å²) in [7, 11) is 0. The molecule has 0 bridgehead atoms. The van der Waals surface area contributed by atoms with E-state index in [1.807, 2.05) is 31.2 Å². The number of nitrogens with zero attached hydrogens (tertiary/aromatic N) is 1. The highest BCUT2D eigenvalue weighted by molar-refractivity contribution is 7.15. The largest absolute Gasteiger partial charge is 0.484 e. The van der Waals surface area contributed by atoms with E-state index in [2.05, 4.69) is 17.6 Å². The average Bonchev–Trinajstić information content (AvgIpc) is 3.60. The Morgan fingerprint density at radius 3 is 2.69 bits per heavy atom. The second kappa shape index (κ2) is 11.1. The summed E-state index contributed by atoms with van der Waals surface area (Å²) in [5.74, 6) is 0.503. The van der Waals surface area contributed by atoms with E-state index in [1.54, 1.807) is 24.5 Å². The van der Waals surface area contributed by atoms with Gasteiger partial charge in [0.2, 0.25) is 5.91 Å². The fourth-order valence-corrected chi connectivity index (χ4v) is 7.46. The molecular weight excluding hydrogens is 518 g/mol. The number of carbonyl (C=O) groups is 2. The predicted molar refractivity (Wildman–Crippen MR) is 146 cm³/mol. The molecule has 2 aromatic heterocycles. The van der Waals surface area contributed by atoms with Crippen molar-refractivity contribution in [2.24, 2.45) is 16.7 Å². The Kier molecular flexibility index (Phi) is 7.80. The highest BCUT2D eigenvalue weighted by Crippen LogP contribution is 2.62. The van der Waals surface area contributed by atoms with E-state index in [0.29, 0.717) is 42.4 Å². The molecule has 1 fully saturated rings. The van der Waals surface area contributed by atoms with Gasteiger partial charge in [-0.15, -0.1) is 11.3 Å². The van der Waals surface area contributed by atoms with Gasteiger partial charge in [0.15, 0.2) is 11.7 Å². The number of anilines is 1. The molecule has 0 spiro atoms. The second-order valence-corrected chi connectivity index (χ2v) is 12.2. The summed E-state index contributed by atoms with van der Waals surface area (Å²) < 4.78 is 10.9. The van der Waals surface area contributed by atoms with Crippen molar-refractivity contribution in [1.82, 2.24) is 10.3 Å². The van der Waals surface area contributed by atoms with Gasteiger partial charge in [0.1, 0.15) is 11.5 Å². The first-order chi connectivity index (χ1) is 18.7. The van der Waals surface area contributed by atoms with E-state index in [9.17, 15) is 19.8 Å². The van der Waals surface area contributed by atoms with Gasteiger partial charge in [0.25, 0.3) is 5.91 Å². The standard InChI is InChI=1S/C29H35N3O6S/c1-28-11-10-23(34)29(2,17-33)22(28)14-21-26(20(28)13-24(35)30-15-19-9-6-12-37-19)32-27(39-21)31-25(36)16-38-18-7-4-3-5-8-18/h3-9,12,20,22-23,33-34H,10-11,13-17H2,1-2H3,(H,30,35)(H,31,32,36). The van der Waals surface area contributed by atoms with Crippen molar-refractivity contribution in [3.05, 3.63) is 65.1 Å². The van der Waals surface area contributed by atoms with E-state index >= 15 is 0 Å². The summed E-state index contributed by atoms with van der Waals surface area (Å²) >= 11 is 1.39. The summed E-state index contributed by atoms with van der Waals surface area (Å²) in [4.78, 5) is 31.6. The zero-order valence-electron chi connectivity index (χ0n) is 22.2. The molecule has 1 aromatic carbocycles. The first-order valence-corrected chi connectivity index (χ1v) is 14.1. The lowest BCUT2D eigenvalue weighted by molar-refractivity contribution is -0.144. The molecule has 9 nitrogen and oxygen atoms in total. The zero-order valence-corrected chi connectivity index (χ0v) is 23.0. The molecule has 5 atom stereocenters. The van der Waals surface area contributed by atoms with Crippen LogP contribution in [0.5, 0.6) is 5.75 Å². The fraction of sp³-hybridized carbons (Fsp3) is 0.483. The molecule has 2 heterocycles. The lowest BCUT2D eigenvalue weighted by Crippen LogP contribution is -2.57. The molecule has 2 aliphatic carbocycles. The molecule has 2 amide bonds. The number of nitrogens with one attached hydrogen (secondary N) is 2. The molecule has 10 heteroatoms. The third kappa shape index (κ3) is 5.46. The summed E-state index contributed by atoms with van der Waals surface area (Å²) in [5.41, 5.74) is -0.287. The maximum Gasteiger partial charge on any atom is 0.264 e. The van der Waals surface area contributed by atoms with Crippen LogP contribution >= 0.6 is 11.3 Å². The SMILES string of the molecule is CC1(CO)C(O)CCC2(C)C(CC(=O)NCc3ccco3)c3nc(NC(=O)COc4ccccc4)sc3CC12. The van der Waals surface area contributed by atoms with Gasteiger partial charge in [-0.05, 0) is 54.9 Å². The van der Waals surface area contributed by atoms with Crippen LogP contribution in [0.4, 0.5) is 5.13 Å². The molecule has 208 valence electrons. The van der Waals surface area contributed by atoms with Crippen LogP contribution < -0.4 is 15.4 Å². The Morgan fingerprint density at radius 2 is 1.97 bits per heavy atom. The molecule has 0 saturated heterocycles. The van der Waals surface area contributed by atoms with Crippen molar-refractivity contribution < 1.29 is 29.0 Å². The molecule has 0 radical (unpaired) electrons. The highest BCUT2D eigenvalue weighted by Gasteiger charge is 2.59. The van der Waals surface area contributed by atoms with Gasteiger partial charge in [-0.25, -0.2) is 4.98 Å². The molecule has 5 unspecified atom stereocenters. The predicted octanol–water partition coefficient (Wildman–Crippen LogP) is 3.88. The number of fused-ring (bicyclic) bond motifs is 2. The molecule has 39 heavy (non-hydrogen) atoms. The van der Waals surface area contributed by atoms with Crippen molar-refractivity contribution in [3.8, 4) is 5.75 Å². The third-order valence-electron chi connectivity index (χ3n) is 8.68. The number of aliphatic hydroxyl groups excluding tert-OH is 2. The lowest BCUT2D eigenvalue weighted by atomic mass is 9.47. The van der Waals surface area contributed by atoms with Gasteiger partial charge in [-0.1, -0.05) is 32.0 Å². The maximum absolute atomic E-state index is 13.2. The van der Waals surface area contributed by atoms with Crippen molar-refractivity contribution in [3.63, 3.8) is 0 Å². The number of para-hydroxylation sites is 1. The number of benzene rings is 1. The van der Waals surface area contributed by atoms with Gasteiger partial charge in [0, 0.05) is 22.6 Å². The fourth-order valence-electron chi connectivity index (χ4n) is 6.38. The van der Waals surface area contributed by atoms with Crippen LogP contribution in [-0.4, -0.2) is 46.3 Å². The number of carbonyl (C=O) groups excluding carboxylic acids is 2. The monoisotopic (exact) mass is 553 g/mol. The number of rotatable bonds is 9. The number of amides is 2. The van der Waals surface area contributed by atoms with Crippen LogP contribution in [0.3, 0.4) is 0 Å². The van der Waals surface area contributed by atoms with Crippen LogP contribution in [0, 0.1) is 16.7 Å². The number of thiazole rings is 1. The minimum Gasteiger partial charge on any atom is -0.484 e. The topological polar surface area (TPSA) is 134 Å². The summed E-state index contributed by atoms with van der Waals surface area (Å²) in [5, 5.41) is 27.6. The Hall–Kier alpha value is -3.21. The minimum absolute atomic E-state index is 0.0699. The molecule has 0 aliphatic heterocycles. The van der Waals surface area contributed by atoms with Crippen molar-refractivity contribution >= 4 is 28.3 Å². The second-order valence-electron chi connectivity index (χ2n) is 11.1. The average molecular weight is 554 g/mol. The number of hydrogen-bond donors (Lipinski definition) is 4. The molecule has 2 aliphatic rings. The van der Waals surface area contributed by atoms with E-state index in [0.717, 1.165) is 10.6 Å². The lowest BCUT2D eigenvalue weighted by Gasteiger charge is -2.58.